The Bertz CT molecular complexity index is 966. The number of Topliss-reactive ketones (excluding diaryl/α,β-unsaturated/α-hetero) is 1. The number of ketones is 1. The SMILES string of the molecule is CC(=O)c1c[nH]c2ccc(O[C@@H]3C[C@H](c4ccc(C)cc4)C3(C)C)cc12. The van der Waals surface area contributed by atoms with Crippen LogP contribution >= 0.6 is 0 Å². The van der Waals surface area contributed by atoms with Crippen LogP contribution in [0.4, 0.5) is 0 Å². The highest BCUT2D eigenvalue weighted by Crippen LogP contribution is 2.54. The smallest absolute Gasteiger partial charge is 0.161 e. The quantitative estimate of drug-likeness (QED) is 0.621. The molecule has 0 saturated heterocycles. The molecule has 1 fully saturated rings. The lowest BCUT2D eigenvalue weighted by Gasteiger charge is -2.51. The number of aryl methyl sites for hydroxylation is 1. The summed E-state index contributed by atoms with van der Waals surface area (Å²) in [5.74, 6) is 1.41. The van der Waals surface area contributed by atoms with Crippen LogP contribution in [0.25, 0.3) is 10.9 Å². The summed E-state index contributed by atoms with van der Waals surface area (Å²) >= 11 is 0. The average molecular weight is 347 g/mol. The summed E-state index contributed by atoms with van der Waals surface area (Å²) in [7, 11) is 0. The van der Waals surface area contributed by atoms with Crippen molar-refractivity contribution in [3.05, 3.63) is 65.4 Å². The Morgan fingerprint density at radius 3 is 2.54 bits per heavy atom. The third-order valence-corrected chi connectivity index (χ3v) is 5.97. The van der Waals surface area contributed by atoms with Gasteiger partial charge in [-0.3, -0.25) is 4.79 Å². The van der Waals surface area contributed by atoms with Crippen molar-refractivity contribution in [2.45, 2.75) is 46.1 Å². The predicted octanol–water partition coefficient (Wildman–Crippen LogP) is 5.64. The van der Waals surface area contributed by atoms with Gasteiger partial charge in [0.2, 0.25) is 0 Å². The molecule has 1 heterocycles. The van der Waals surface area contributed by atoms with Gasteiger partial charge in [-0.05, 0) is 49.9 Å². The highest BCUT2D eigenvalue weighted by Gasteiger charge is 2.50. The number of benzene rings is 2. The molecule has 2 atom stereocenters. The number of carbonyl (C=O) groups is 1. The second-order valence-electron chi connectivity index (χ2n) is 8.09. The Morgan fingerprint density at radius 2 is 1.88 bits per heavy atom. The third-order valence-electron chi connectivity index (χ3n) is 5.97. The predicted molar refractivity (Wildman–Crippen MR) is 105 cm³/mol. The van der Waals surface area contributed by atoms with Gasteiger partial charge in [0.25, 0.3) is 0 Å². The molecule has 3 nitrogen and oxygen atoms in total. The van der Waals surface area contributed by atoms with Crippen molar-refractivity contribution in [2.24, 2.45) is 5.41 Å². The van der Waals surface area contributed by atoms with E-state index < -0.39 is 0 Å². The van der Waals surface area contributed by atoms with Crippen LogP contribution in [0.1, 0.15) is 54.6 Å². The summed E-state index contributed by atoms with van der Waals surface area (Å²) in [6.45, 7) is 8.27. The van der Waals surface area contributed by atoms with Gasteiger partial charge in [0, 0.05) is 28.1 Å². The number of aromatic nitrogens is 1. The maximum absolute atomic E-state index is 11.8. The van der Waals surface area contributed by atoms with E-state index in [9.17, 15) is 4.79 Å². The van der Waals surface area contributed by atoms with E-state index in [0.717, 1.165) is 28.6 Å². The van der Waals surface area contributed by atoms with Gasteiger partial charge in [0.15, 0.2) is 5.78 Å². The van der Waals surface area contributed by atoms with Gasteiger partial charge in [-0.1, -0.05) is 43.7 Å². The van der Waals surface area contributed by atoms with Gasteiger partial charge in [-0.25, -0.2) is 0 Å². The van der Waals surface area contributed by atoms with E-state index in [0.29, 0.717) is 5.92 Å². The van der Waals surface area contributed by atoms with Crippen LogP contribution in [0.3, 0.4) is 0 Å². The molecular formula is C23H25NO2. The van der Waals surface area contributed by atoms with E-state index in [4.69, 9.17) is 4.74 Å². The molecule has 0 aliphatic heterocycles. The molecule has 26 heavy (non-hydrogen) atoms. The van der Waals surface area contributed by atoms with Gasteiger partial charge >= 0.3 is 0 Å². The van der Waals surface area contributed by atoms with Crippen molar-refractivity contribution >= 4 is 16.7 Å². The highest BCUT2D eigenvalue weighted by molar-refractivity contribution is 6.07. The molecule has 0 radical (unpaired) electrons. The molecule has 0 amide bonds. The Hall–Kier alpha value is -2.55. The fourth-order valence-corrected chi connectivity index (χ4v) is 4.08. The van der Waals surface area contributed by atoms with E-state index in [1.807, 2.05) is 18.2 Å². The lowest BCUT2D eigenvalue weighted by Crippen LogP contribution is -2.50. The Balaban J connectivity index is 1.55. The molecule has 1 aliphatic carbocycles. The molecule has 1 aromatic heterocycles. The first-order chi connectivity index (χ1) is 12.4. The lowest BCUT2D eigenvalue weighted by atomic mass is 9.57. The first kappa shape index (κ1) is 16.9. The van der Waals surface area contributed by atoms with E-state index in [-0.39, 0.29) is 17.3 Å². The van der Waals surface area contributed by atoms with Gasteiger partial charge in [0.1, 0.15) is 11.9 Å². The van der Waals surface area contributed by atoms with Gasteiger partial charge in [-0.2, -0.15) is 0 Å². The van der Waals surface area contributed by atoms with Gasteiger partial charge in [0.05, 0.1) is 0 Å². The number of rotatable bonds is 4. The molecule has 0 spiro atoms. The number of ether oxygens (including phenoxy) is 1. The molecule has 1 N–H and O–H groups in total. The topological polar surface area (TPSA) is 42.1 Å². The molecule has 0 bridgehead atoms. The summed E-state index contributed by atoms with van der Waals surface area (Å²) in [5, 5.41) is 0.933. The van der Waals surface area contributed by atoms with Crippen molar-refractivity contribution in [2.75, 3.05) is 0 Å². The molecule has 0 unspecified atom stereocenters. The van der Waals surface area contributed by atoms with Crippen molar-refractivity contribution in [1.82, 2.24) is 4.98 Å². The molecule has 134 valence electrons. The number of hydrogen-bond acceptors (Lipinski definition) is 2. The molecule has 4 rings (SSSR count). The standard InChI is InChI=1S/C23H25NO2/c1-14-5-7-16(8-6-14)20-12-22(23(20,3)4)26-17-9-10-21-18(11-17)19(13-24-21)15(2)25/h5-11,13,20,22,24H,12H2,1-4H3/t20-,22-/m1/s1. The number of nitrogens with one attached hydrogen (secondary N) is 1. The third kappa shape index (κ3) is 2.72. The zero-order valence-corrected chi connectivity index (χ0v) is 15.8. The minimum atomic E-state index is 0.0665. The summed E-state index contributed by atoms with van der Waals surface area (Å²) in [5.41, 5.74) is 4.44. The lowest BCUT2D eigenvalue weighted by molar-refractivity contribution is -0.0438. The van der Waals surface area contributed by atoms with Crippen LogP contribution in [0.5, 0.6) is 5.75 Å². The number of fused-ring (bicyclic) bond motifs is 1. The van der Waals surface area contributed by atoms with Crippen molar-refractivity contribution in [1.29, 1.82) is 0 Å². The molecule has 3 aromatic rings. The maximum atomic E-state index is 11.8. The number of aromatic amines is 1. The second-order valence-corrected chi connectivity index (χ2v) is 8.09. The fraction of sp³-hybridized carbons (Fsp3) is 0.348. The summed E-state index contributed by atoms with van der Waals surface area (Å²) < 4.78 is 6.33. The monoisotopic (exact) mass is 347 g/mol. The molecule has 1 aliphatic rings. The molecule has 1 saturated carbocycles. The first-order valence-electron chi connectivity index (χ1n) is 9.21. The van der Waals surface area contributed by atoms with Crippen LogP contribution in [0.2, 0.25) is 0 Å². The number of hydrogen-bond donors (Lipinski definition) is 1. The van der Waals surface area contributed by atoms with E-state index in [1.54, 1.807) is 13.1 Å². The molecular weight excluding hydrogens is 322 g/mol. The summed E-state index contributed by atoms with van der Waals surface area (Å²) in [6.07, 6.45) is 2.96. The van der Waals surface area contributed by atoms with Crippen LogP contribution < -0.4 is 4.74 Å². The first-order valence-corrected chi connectivity index (χ1v) is 9.21. The van der Waals surface area contributed by atoms with Crippen molar-refractivity contribution < 1.29 is 9.53 Å². The van der Waals surface area contributed by atoms with Crippen LogP contribution in [-0.4, -0.2) is 16.9 Å². The maximum Gasteiger partial charge on any atom is 0.161 e. The highest BCUT2D eigenvalue weighted by atomic mass is 16.5. The summed E-state index contributed by atoms with van der Waals surface area (Å²) in [6, 6.07) is 14.8. The van der Waals surface area contributed by atoms with Crippen LogP contribution in [0.15, 0.2) is 48.7 Å². The zero-order chi connectivity index (χ0) is 18.5. The normalized spacial score (nSPS) is 21.4. The van der Waals surface area contributed by atoms with E-state index in [1.165, 1.54) is 11.1 Å². The second kappa shape index (κ2) is 6.01. The summed E-state index contributed by atoms with van der Waals surface area (Å²) in [4.78, 5) is 14.9. The van der Waals surface area contributed by atoms with Crippen LogP contribution in [-0.2, 0) is 0 Å². The average Bonchev–Trinajstić information content (AvgIpc) is 3.03. The number of carbonyl (C=O) groups excluding carboxylic acids is 1. The van der Waals surface area contributed by atoms with E-state index >= 15 is 0 Å². The van der Waals surface area contributed by atoms with Gasteiger partial charge in [-0.15, -0.1) is 0 Å². The van der Waals surface area contributed by atoms with Gasteiger partial charge < -0.3 is 9.72 Å². The minimum Gasteiger partial charge on any atom is -0.490 e. The number of H-pyrrole nitrogens is 1. The minimum absolute atomic E-state index is 0.0665. The largest absolute Gasteiger partial charge is 0.490 e. The molecule has 3 heteroatoms. The molecule has 2 aromatic carbocycles. The van der Waals surface area contributed by atoms with Crippen molar-refractivity contribution in [3.8, 4) is 5.75 Å². The Labute approximate surface area is 154 Å². The van der Waals surface area contributed by atoms with Crippen molar-refractivity contribution in [3.63, 3.8) is 0 Å². The Kier molecular flexibility index (Phi) is 3.91. The van der Waals surface area contributed by atoms with E-state index in [2.05, 4.69) is 50.0 Å². The Morgan fingerprint density at radius 1 is 1.15 bits per heavy atom. The zero-order valence-electron chi connectivity index (χ0n) is 15.8. The van der Waals surface area contributed by atoms with Crippen LogP contribution in [0, 0.1) is 12.3 Å². The fourth-order valence-electron chi connectivity index (χ4n) is 4.08.